The number of benzene rings is 1. The van der Waals surface area contributed by atoms with Crippen molar-refractivity contribution < 1.29 is 32.2 Å². The maximum absolute atomic E-state index is 12.3. The summed E-state index contributed by atoms with van der Waals surface area (Å²) < 4.78 is 46.6. The molecule has 0 radical (unpaired) electrons. The number of aryl methyl sites for hydroxylation is 1. The van der Waals surface area contributed by atoms with E-state index in [0.29, 0.717) is 25.0 Å². The SMILES string of the molecule is CC1(C)C(=CC(=O)OC(=O)C(F)(F)F)CC1c1ccc(OCCc2ccc3c(n2)NCCC3)cc1. The molecule has 1 unspecified atom stereocenters. The third-order valence-corrected chi connectivity index (χ3v) is 6.70. The Morgan fingerprint density at radius 3 is 2.60 bits per heavy atom. The van der Waals surface area contributed by atoms with Crippen molar-refractivity contribution in [2.45, 2.75) is 51.6 Å². The van der Waals surface area contributed by atoms with E-state index in [1.54, 1.807) is 0 Å². The van der Waals surface area contributed by atoms with Crippen molar-refractivity contribution in [3.63, 3.8) is 0 Å². The Hall–Kier alpha value is -3.36. The number of rotatable bonds is 6. The minimum atomic E-state index is -5.20. The van der Waals surface area contributed by atoms with E-state index in [1.807, 2.05) is 44.2 Å². The van der Waals surface area contributed by atoms with Crippen LogP contribution in [0.5, 0.6) is 5.75 Å². The van der Waals surface area contributed by atoms with Gasteiger partial charge in [0, 0.05) is 24.7 Å². The van der Waals surface area contributed by atoms with Gasteiger partial charge in [0.05, 0.1) is 6.61 Å². The van der Waals surface area contributed by atoms with Crippen molar-refractivity contribution in [3.05, 3.63) is 64.9 Å². The van der Waals surface area contributed by atoms with Gasteiger partial charge in [-0.15, -0.1) is 0 Å². The summed E-state index contributed by atoms with van der Waals surface area (Å²) in [6, 6.07) is 11.8. The van der Waals surface area contributed by atoms with Crippen LogP contribution in [-0.4, -0.2) is 36.3 Å². The Kier molecular flexibility index (Phi) is 6.87. The number of anilines is 1. The first kappa shape index (κ1) is 24.8. The second-order valence-electron chi connectivity index (χ2n) is 9.36. The summed E-state index contributed by atoms with van der Waals surface area (Å²) in [5.74, 6) is -2.05. The predicted molar refractivity (Wildman–Crippen MR) is 123 cm³/mol. The van der Waals surface area contributed by atoms with Crippen LogP contribution in [0, 0.1) is 5.41 Å². The Labute approximate surface area is 201 Å². The zero-order valence-corrected chi connectivity index (χ0v) is 19.6. The molecule has 2 aliphatic rings. The molecule has 1 fully saturated rings. The fourth-order valence-electron chi connectivity index (χ4n) is 4.51. The second kappa shape index (κ2) is 9.71. The second-order valence-corrected chi connectivity index (χ2v) is 9.36. The lowest BCUT2D eigenvalue weighted by Crippen LogP contribution is -2.36. The quantitative estimate of drug-likeness (QED) is 0.345. The van der Waals surface area contributed by atoms with Gasteiger partial charge in [0.25, 0.3) is 0 Å². The van der Waals surface area contributed by atoms with Crippen LogP contribution >= 0.6 is 0 Å². The van der Waals surface area contributed by atoms with Gasteiger partial charge in [-0.3, -0.25) is 0 Å². The van der Waals surface area contributed by atoms with Crippen LogP contribution < -0.4 is 10.1 Å². The van der Waals surface area contributed by atoms with Crippen LogP contribution in [0.2, 0.25) is 0 Å². The van der Waals surface area contributed by atoms with E-state index in [0.717, 1.165) is 48.3 Å². The van der Waals surface area contributed by atoms with Crippen molar-refractivity contribution in [2.75, 3.05) is 18.5 Å². The van der Waals surface area contributed by atoms with E-state index in [2.05, 4.69) is 21.1 Å². The maximum atomic E-state index is 12.3. The Morgan fingerprint density at radius 2 is 1.91 bits per heavy atom. The molecule has 4 rings (SSSR count). The van der Waals surface area contributed by atoms with Gasteiger partial charge in [-0.2, -0.15) is 13.2 Å². The number of carbonyl (C=O) groups excluding carboxylic acids is 2. The highest BCUT2D eigenvalue weighted by atomic mass is 19.4. The molecule has 0 spiro atoms. The molecule has 6 nitrogen and oxygen atoms in total. The number of carbonyl (C=O) groups is 2. The zero-order chi connectivity index (χ0) is 25.2. The third-order valence-electron chi connectivity index (χ3n) is 6.70. The van der Waals surface area contributed by atoms with Gasteiger partial charge in [0.1, 0.15) is 11.6 Å². The molecule has 9 heteroatoms. The smallest absolute Gasteiger partial charge is 0.491 e. The molecule has 186 valence electrons. The largest absolute Gasteiger partial charge is 0.493 e. The van der Waals surface area contributed by atoms with Crippen molar-refractivity contribution in [1.29, 1.82) is 0 Å². The Bertz CT molecular complexity index is 1140. The summed E-state index contributed by atoms with van der Waals surface area (Å²) >= 11 is 0. The number of pyridine rings is 1. The Morgan fingerprint density at radius 1 is 1.17 bits per heavy atom. The van der Waals surface area contributed by atoms with Gasteiger partial charge in [-0.25, -0.2) is 14.6 Å². The van der Waals surface area contributed by atoms with Gasteiger partial charge in [-0.05, 0) is 59.9 Å². The first-order chi connectivity index (χ1) is 16.5. The third kappa shape index (κ3) is 5.66. The lowest BCUT2D eigenvalue weighted by molar-refractivity contribution is -0.200. The zero-order valence-electron chi connectivity index (χ0n) is 19.6. The molecule has 2 heterocycles. The standard InChI is InChI=1S/C26H27F3N2O4/c1-25(2)18(15-22(32)35-24(33)26(27,28)29)14-21(25)16-6-9-20(10-7-16)34-13-11-19-8-5-17-4-3-12-30-23(17)31-19/h5-10,15,21H,3-4,11-14H2,1-2H3,(H,30,31). The summed E-state index contributed by atoms with van der Waals surface area (Å²) in [6.45, 7) is 5.24. The number of allylic oxidation sites excluding steroid dienone is 1. The molecule has 1 atom stereocenters. The number of alkyl halides is 3. The van der Waals surface area contributed by atoms with E-state index < -0.39 is 23.5 Å². The lowest BCUT2D eigenvalue weighted by atomic mass is 9.56. The monoisotopic (exact) mass is 488 g/mol. The average molecular weight is 489 g/mol. The Balaban J connectivity index is 1.29. The summed E-state index contributed by atoms with van der Waals surface area (Å²) in [4.78, 5) is 27.2. The molecule has 1 aromatic heterocycles. The van der Waals surface area contributed by atoms with Crippen LogP contribution in [0.15, 0.2) is 48.0 Å². The molecule has 35 heavy (non-hydrogen) atoms. The fourth-order valence-corrected chi connectivity index (χ4v) is 4.51. The molecule has 2 aromatic rings. The van der Waals surface area contributed by atoms with Crippen LogP contribution in [-0.2, 0) is 27.2 Å². The van der Waals surface area contributed by atoms with Gasteiger partial charge < -0.3 is 14.8 Å². The fraction of sp³-hybridized carbons (Fsp3) is 0.423. The normalized spacial score (nSPS) is 19.8. The van der Waals surface area contributed by atoms with Crippen molar-refractivity contribution in [3.8, 4) is 5.75 Å². The average Bonchev–Trinajstić information content (AvgIpc) is 2.81. The first-order valence-corrected chi connectivity index (χ1v) is 11.5. The molecule has 1 saturated carbocycles. The van der Waals surface area contributed by atoms with E-state index in [-0.39, 0.29) is 5.92 Å². The van der Waals surface area contributed by atoms with Crippen LogP contribution in [0.3, 0.4) is 0 Å². The van der Waals surface area contributed by atoms with Gasteiger partial charge >= 0.3 is 18.1 Å². The molecule has 0 bridgehead atoms. The molecular weight excluding hydrogens is 461 g/mol. The number of esters is 2. The number of aromatic nitrogens is 1. The maximum Gasteiger partial charge on any atom is 0.491 e. The first-order valence-electron chi connectivity index (χ1n) is 11.5. The van der Waals surface area contributed by atoms with Gasteiger partial charge in [-0.1, -0.05) is 37.6 Å². The number of ether oxygens (including phenoxy) is 2. The highest BCUT2D eigenvalue weighted by molar-refractivity contribution is 5.94. The van der Waals surface area contributed by atoms with Crippen LogP contribution in [0.1, 0.15) is 49.4 Å². The highest BCUT2D eigenvalue weighted by Gasteiger charge is 2.46. The molecule has 0 amide bonds. The predicted octanol–water partition coefficient (Wildman–Crippen LogP) is 5.13. The number of hydrogen-bond acceptors (Lipinski definition) is 6. The number of nitrogens with one attached hydrogen (secondary N) is 1. The summed E-state index contributed by atoms with van der Waals surface area (Å²) in [5, 5.41) is 3.33. The molecule has 1 N–H and O–H groups in total. The molecular formula is C26H27F3N2O4. The lowest BCUT2D eigenvalue weighted by Gasteiger charge is -2.47. The summed E-state index contributed by atoms with van der Waals surface area (Å²) in [7, 11) is 0. The van der Waals surface area contributed by atoms with Crippen molar-refractivity contribution >= 4 is 17.8 Å². The highest BCUT2D eigenvalue weighted by Crippen LogP contribution is 2.56. The van der Waals surface area contributed by atoms with Crippen molar-refractivity contribution in [1.82, 2.24) is 4.98 Å². The van der Waals surface area contributed by atoms with Gasteiger partial charge in [0.15, 0.2) is 0 Å². The number of nitrogens with zero attached hydrogens (tertiary/aromatic N) is 1. The van der Waals surface area contributed by atoms with E-state index in [4.69, 9.17) is 4.74 Å². The number of hydrogen-bond donors (Lipinski definition) is 1. The summed E-state index contributed by atoms with van der Waals surface area (Å²) in [5.41, 5.74) is 3.42. The van der Waals surface area contributed by atoms with E-state index in [9.17, 15) is 22.8 Å². The number of fused-ring (bicyclic) bond motifs is 1. The van der Waals surface area contributed by atoms with Crippen LogP contribution in [0.4, 0.5) is 19.0 Å². The minimum absolute atomic E-state index is 0.0705. The molecule has 1 aromatic carbocycles. The molecule has 1 aliphatic carbocycles. The summed E-state index contributed by atoms with van der Waals surface area (Å²) in [6.07, 6.45) is -0.868. The van der Waals surface area contributed by atoms with E-state index in [1.165, 1.54) is 5.56 Å². The number of halogens is 3. The van der Waals surface area contributed by atoms with Crippen molar-refractivity contribution in [2.24, 2.45) is 5.41 Å². The minimum Gasteiger partial charge on any atom is -0.493 e. The topological polar surface area (TPSA) is 77.5 Å². The van der Waals surface area contributed by atoms with Gasteiger partial charge in [0.2, 0.25) is 0 Å². The van der Waals surface area contributed by atoms with Crippen LogP contribution in [0.25, 0.3) is 0 Å². The molecule has 0 saturated heterocycles. The molecule has 1 aliphatic heterocycles. The van der Waals surface area contributed by atoms with E-state index >= 15 is 0 Å².